The van der Waals surface area contributed by atoms with E-state index in [0.717, 1.165) is 5.25 Å². The third-order valence-electron chi connectivity index (χ3n) is 3.67. The van der Waals surface area contributed by atoms with E-state index in [1.807, 2.05) is 23.9 Å². The average Bonchev–Trinajstić information content (AvgIpc) is 2.72. The van der Waals surface area contributed by atoms with Crippen LogP contribution in [0.15, 0.2) is 24.3 Å². The molecule has 1 aromatic carbocycles. The van der Waals surface area contributed by atoms with E-state index < -0.39 is 0 Å². The van der Waals surface area contributed by atoms with Crippen LogP contribution in [0.25, 0.3) is 0 Å². The van der Waals surface area contributed by atoms with Crippen LogP contribution < -0.4 is 5.32 Å². The highest BCUT2D eigenvalue weighted by Crippen LogP contribution is 2.35. The topological polar surface area (TPSA) is 12.0 Å². The lowest BCUT2D eigenvalue weighted by atomic mass is 9.82. The summed E-state index contributed by atoms with van der Waals surface area (Å²) >= 11 is 2.03. The maximum atomic E-state index is 13.1. The molecule has 1 saturated heterocycles. The molecule has 1 fully saturated rings. The predicted octanol–water partition coefficient (Wildman–Crippen LogP) is 4.40. The van der Waals surface area contributed by atoms with Crippen molar-refractivity contribution in [3.8, 4) is 0 Å². The van der Waals surface area contributed by atoms with Crippen molar-refractivity contribution in [2.24, 2.45) is 5.41 Å². The summed E-state index contributed by atoms with van der Waals surface area (Å²) in [6.07, 6.45) is 1.22. The largest absolute Gasteiger partial charge is 0.306 e. The Bertz CT molecular complexity index is 410. The highest BCUT2D eigenvalue weighted by Gasteiger charge is 2.31. The van der Waals surface area contributed by atoms with Gasteiger partial charge in [-0.3, -0.25) is 0 Å². The first-order valence-electron chi connectivity index (χ1n) is 6.99. The molecule has 1 heterocycles. The van der Waals surface area contributed by atoms with Crippen LogP contribution in [-0.2, 0) is 0 Å². The molecule has 1 N–H and O–H groups in total. The van der Waals surface area contributed by atoms with Crippen molar-refractivity contribution in [1.29, 1.82) is 0 Å². The maximum absolute atomic E-state index is 13.1. The predicted molar refractivity (Wildman–Crippen MR) is 82.1 cm³/mol. The molecule has 1 aromatic rings. The van der Waals surface area contributed by atoms with E-state index in [1.165, 1.54) is 17.7 Å². The van der Waals surface area contributed by atoms with Crippen LogP contribution >= 0.6 is 11.8 Å². The van der Waals surface area contributed by atoms with Gasteiger partial charge in [0, 0.05) is 23.1 Å². The number of hydrogen-bond acceptors (Lipinski definition) is 2. The smallest absolute Gasteiger partial charge is 0.123 e. The van der Waals surface area contributed by atoms with Gasteiger partial charge in [0.2, 0.25) is 0 Å². The van der Waals surface area contributed by atoms with Gasteiger partial charge in [0.15, 0.2) is 0 Å². The summed E-state index contributed by atoms with van der Waals surface area (Å²) in [6.45, 7) is 9.00. The third-order valence-corrected chi connectivity index (χ3v) is 5.03. The minimum absolute atomic E-state index is 0.119. The molecule has 0 aliphatic carbocycles. The van der Waals surface area contributed by atoms with Crippen LogP contribution in [0.3, 0.4) is 0 Å². The molecule has 3 atom stereocenters. The molecule has 0 aromatic heterocycles. The summed E-state index contributed by atoms with van der Waals surface area (Å²) in [5.41, 5.74) is 1.30. The van der Waals surface area contributed by atoms with Crippen LogP contribution in [0.2, 0.25) is 0 Å². The van der Waals surface area contributed by atoms with Gasteiger partial charge in [-0.15, -0.1) is 0 Å². The van der Waals surface area contributed by atoms with Gasteiger partial charge in [-0.05, 0) is 29.5 Å². The van der Waals surface area contributed by atoms with E-state index in [4.69, 9.17) is 0 Å². The van der Waals surface area contributed by atoms with Crippen molar-refractivity contribution in [2.75, 3.05) is 5.75 Å². The Balaban J connectivity index is 2.14. The zero-order valence-electron chi connectivity index (χ0n) is 12.2. The molecule has 0 saturated carbocycles. The van der Waals surface area contributed by atoms with Crippen molar-refractivity contribution in [3.05, 3.63) is 35.6 Å². The van der Waals surface area contributed by atoms with E-state index in [0.29, 0.717) is 6.04 Å². The second kappa shape index (κ2) is 5.84. The zero-order valence-corrected chi connectivity index (χ0v) is 13.1. The molecule has 0 radical (unpaired) electrons. The molecule has 1 aliphatic heterocycles. The first-order valence-corrected chi connectivity index (χ1v) is 8.04. The fourth-order valence-corrected chi connectivity index (χ4v) is 3.83. The molecular formula is C16H24FNS. The normalized spacial score (nSPS) is 25.5. The number of benzene rings is 1. The number of halogens is 1. The lowest BCUT2D eigenvalue weighted by Gasteiger charge is -2.34. The maximum Gasteiger partial charge on any atom is 0.123 e. The van der Waals surface area contributed by atoms with Gasteiger partial charge in [-0.1, -0.05) is 39.8 Å². The Hall–Kier alpha value is -0.540. The quantitative estimate of drug-likeness (QED) is 0.881. The first kappa shape index (κ1) is 14.9. The number of thioether (sulfide) groups is 1. The molecule has 1 aliphatic rings. The molecule has 106 valence electrons. The van der Waals surface area contributed by atoms with Crippen molar-refractivity contribution in [1.82, 2.24) is 5.32 Å². The number of rotatable bonds is 3. The van der Waals surface area contributed by atoms with Crippen molar-refractivity contribution in [2.45, 2.75) is 51.4 Å². The third kappa shape index (κ3) is 3.96. The first-order chi connectivity index (χ1) is 8.86. The minimum Gasteiger partial charge on any atom is -0.306 e. The summed E-state index contributed by atoms with van der Waals surface area (Å²) in [7, 11) is 0. The Morgan fingerprint density at radius 3 is 2.37 bits per heavy atom. The van der Waals surface area contributed by atoms with E-state index in [2.05, 4.69) is 33.0 Å². The second-order valence-corrected chi connectivity index (χ2v) is 8.07. The lowest BCUT2D eigenvalue weighted by Crippen LogP contribution is -2.39. The Labute approximate surface area is 120 Å². The summed E-state index contributed by atoms with van der Waals surface area (Å²) in [5, 5.41) is 4.52. The monoisotopic (exact) mass is 281 g/mol. The molecule has 0 spiro atoms. The zero-order chi connectivity index (χ0) is 14.0. The standard InChI is InChI=1S/C16H24FNS/c1-11-9-14(10-19-11)18-15(16(2,3)4)12-5-7-13(17)8-6-12/h5-8,11,14-15,18H,9-10H2,1-4H3. The molecular weight excluding hydrogens is 257 g/mol. The van der Waals surface area contributed by atoms with E-state index in [9.17, 15) is 4.39 Å². The van der Waals surface area contributed by atoms with Crippen LogP contribution in [0.4, 0.5) is 4.39 Å². The van der Waals surface area contributed by atoms with Gasteiger partial charge in [-0.25, -0.2) is 4.39 Å². The van der Waals surface area contributed by atoms with Gasteiger partial charge < -0.3 is 5.32 Å². The van der Waals surface area contributed by atoms with Crippen molar-refractivity contribution in [3.63, 3.8) is 0 Å². The van der Waals surface area contributed by atoms with E-state index in [1.54, 1.807) is 12.1 Å². The van der Waals surface area contributed by atoms with Crippen molar-refractivity contribution < 1.29 is 4.39 Å². The molecule has 2 rings (SSSR count). The van der Waals surface area contributed by atoms with Gasteiger partial charge >= 0.3 is 0 Å². The molecule has 19 heavy (non-hydrogen) atoms. The highest BCUT2D eigenvalue weighted by atomic mass is 32.2. The highest BCUT2D eigenvalue weighted by molar-refractivity contribution is 8.00. The van der Waals surface area contributed by atoms with Gasteiger partial charge in [0.25, 0.3) is 0 Å². The van der Waals surface area contributed by atoms with E-state index in [-0.39, 0.29) is 17.3 Å². The molecule has 3 unspecified atom stereocenters. The van der Waals surface area contributed by atoms with Gasteiger partial charge in [0.1, 0.15) is 5.82 Å². The summed E-state index contributed by atoms with van der Waals surface area (Å²) < 4.78 is 13.1. The summed E-state index contributed by atoms with van der Waals surface area (Å²) in [5.74, 6) is 1.01. The Kier molecular flexibility index (Phi) is 4.57. The minimum atomic E-state index is -0.165. The number of hydrogen-bond donors (Lipinski definition) is 1. The van der Waals surface area contributed by atoms with Crippen LogP contribution in [-0.4, -0.2) is 17.0 Å². The average molecular weight is 281 g/mol. The molecule has 1 nitrogen and oxygen atoms in total. The Morgan fingerprint density at radius 1 is 1.26 bits per heavy atom. The van der Waals surface area contributed by atoms with Crippen LogP contribution in [0.5, 0.6) is 0 Å². The number of nitrogens with one attached hydrogen (secondary N) is 1. The van der Waals surface area contributed by atoms with Crippen LogP contribution in [0, 0.1) is 11.2 Å². The summed E-state index contributed by atoms with van der Waals surface area (Å²) in [6, 6.07) is 7.76. The van der Waals surface area contributed by atoms with Gasteiger partial charge in [-0.2, -0.15) is 11.8 Å². The molecule has 3 heteroatoms. The molecule has 0 bridgehead atoms. The fourth-order valence-electron chi connectivity index (χ4n) is 2.67. The lowest BCUT2D eigenvalue weighted by molar-refractivity contribution is 0.253. The molecule has 0 amide bonds. The SMILES string of the molecule is CC1CC(NC(c2ccc(F)cc2)C(C)(C)C)CS1. The van der Waals surface area contributed by atoms with Crippen LogP contribution in [0.1, 0.15) is 45.7 Å². The van der Waals surface area contributed by atoms with E-state index >= 15 is 0 Å². The Morgan fingerprint density at radius 2 is 1.89 bits per heavy atom. The van der Waals surface area contributed by atoms with Crippen molar-refractivity contribution >= 4 is 11.8 Å². The second-order valence-electron chi connectivity index (χ2n) is 6.59. The summed E-state index contributed by atoms with van der Waals surface area (Å²) in [4.78, 5) is 0. The fraction of sp³-hybridized carbons (Fsp3) is 0.625. The van der Waals surface area contributed by atoms with Gasteiger partial charge in [0.05, 0.1) is 0 Å².